The summed E-state index contributed by atoms with van der Waals surface area (Å²) in [6, 6.07) is 5.68. The molecular weight excluding hydrogens is 300 g/mol. The van der Waals surface area contributed by atoms with Crippen LogP contribution in [0.15, 0.2) is 18.2 Å². The Bertz CT molecular complexity index is 629. The number of carbonyl (C=O) groups excluding carboxylic acids is 1. The molecule has 1 aliphatic rings. The molecule has 22 heavy (non-hydrogen) atoms. The van der Waals surface area contributed by atoms with Crippen LogP contribution in [0.5, 0.6) is 0 Å². The highest BCUT2D eigenvalue weighted by molar-refractivity contribution is 7.92. The lowest BCUT2D eigenvalue weighted by Gasteiger charge is -2.24. The molecule has 5 nitrogen and oxygen atoms in total. The van der Waals surface area contributed by atoms with Crippen molar-refractivity contribution in [1.29, 1.82) is 0 Å². The standard InChI is InChI=1S/C16H24N2O3S/c1-13-10-14(2)12-15(11-13)18(22(3,20)21)9-6-16(19)17-7-4-5-8-17/h10-12H,4-9H2,1-3H3. The molecule has 0 aliphatic carbocycles. The predicted molar refractivity (Wildman–Crippen MR) is 88.5 cm³/mol. The van der Waals surface area contributed by atoms with Crippen LogP contribution in [0, 0.1) is 13.8 Å². The molecule has 0 unspecified atom stereocenters. The molecule has 0 aromatic heterocycles. The van der Waals surface area contributed by atoms with Crippen molar-refractivity contribution in [2.75, 3.05) is 30.2 Å². The van der Waals surface area contributed by atoms with E-state index >= 15 is 0 Å². The van der Waals surface area contributed by atoms with E-state index in [1.165, 1.54) is 10.6 Å². The Morgan fingerprint density at radius 1 is 1.14 bits per heavy atom. The zero-order chi connectivity index (χ0) is 16.3. The van der Waals surface area contributed by atoms with Crippen molar-refractivity contribution in [2.45, 2.75) is 33.1 Å². The van der Waals surface area contributed by atoms with Crippen molar-refractivity contribution in [3.05, 3.63) is 29.3 Å². The molecule has 0 atom stereocenters. The van der Waals surface area contributed by atoms with E-state index in [4.69, 9.17) is 0 Å². The van der Waals surface area contributed by atoms with Gasteiger partial charge in [-0.25, -0.2) is 8.42 Å². The van der Waals surface area contributed by atoms with Gasteiger partial charge in [-0.2, -0.15) is 0 Å². The monoisotopic (exact) mass is 324 g/mol. The molecule has 0 N–H and O–H groups in total. The molecule has 1 aromatic carbocycles. The molecule has 1 aromatic rings. The van der Waals surface area contributed by atoms with Crippen molar-refractivity contribution < 1.29 is 13.2 Å². The first kappa shape index (κ1) is 16.8. The number of anilines is 1. The van der Waals surface area contributed by atoms with Crippen molar-refractivity contribution >= 4 is 21.6 Å². The van der Waals surface area contributed by atoms with Crippen molar-refractivity contribution in [3.8, 4) is 0 Å². The van der Waals surface area contributed by atoms with Crippen LogP contribution in [0.1, 0.15) is 30.4 Å². The molecule has 1 amide bonds. The maximum atomic E-state index is 12.1. The Kier molecular flexibility index (Phi) is 5.11. The van der Waals surface area contributed by atoms with E-state index in [0.29, 0.717) is 5.69 Å². The van der Waals surface area contributed by atoms with E-state index in [9.17, 15) is 13.2 Å². The number of aryl methyl sites for hydroxylation is 2. The minimum Gasteiger partial charge on any atom is -0.343 e. The summed E-state index contributed by atoms with van der Waals surface area (Å²) in [4.78, 5) is 14.0. The topological polar surface area (TPSA) is 57.7 Å². The van der Waals surface area contributed by atoms with Crippen LogP contribution < -0.4 is 4.31 Å². The number of nitrogens with zero attached hydrogens (tertiary/aromatic N) is 2. The summed E-state index contributed by atoms with van der Waals surface area (Å²) in [6.45, 7) is 5.65. The van der Waals surface area contributed by atoms with Crippen LogP contribution in [0.4, 0.5) is 5.69 Å². The smallest absolute Gasteiger partial charge is 0.232 e. The number of likely N-dealkylation sites (tertiary alicyclic amines) is 1. The van der Waals surface area contributed by atoms with E-state index in [0.717, 1.165) is 37.1 Å². The second kappa shape index (κ2) is 6.69. The van der Waals surface area contributed by atoms with Gasteiger partial charge in [-0.3, -0.25) is 9.10 Å². The van der Waals surface area contributed by atoms with Gasteiger partial charge in [0, 0.05) is 26.1 Å². The SMILES string of the molecule is Cc1cc(C)cc(N(CCC(=O)N2CCCC2)S(C)(=O)=O)c1. The van der Waals surface area contributed by atoms with Crippen LogP contribution in [0.2, 0.25) is 0 Å². The lowest BCUT2D eigenvalue weighted by atomic mass is 10.1. The van der Waals surface area contributed by atoms with E-state index in [2.05, 4.69) is 0 Å². The van der Waals surface area contributed by atoms with E-state index in [-0.39, 0.29) is 18.9 Å². The Balaban J connectivity index is 2.15. The molecule has 1 saturated heterocycles. The Hall–Kier alpha value is -1.56. The van der Waals surface area contributed by atoms with Crippen LogP contribution in [-0.4, -0.2) is 45.1 Å². The van der Waals surface area contributed by atoms with Gasteiger partial charge in [0.1, 0.15) is 0 Å². The Morgan fingerprint density at radius 3 is 2.18 bits per heavy atom. The van der Waals surface area contributed by atoms with Crippen molar-refractivity contribution in [2.24, 2.45) is 0 Å². The van der Waals surface area contributed by atoms with Crippen molar-refractivity contribution in [3.63, 3.8) is 0 Å². The summed E-state index contributed by atoms with van der Waals surface area (Å²) in [5.74, 6) is 0.0375. The van der Waals surface area contributed by atoms with Gasteiger partial charge in [-0.05, 0) is 49.9 Å². The summed E-state index contributed by atoms with van der Waals surface area (Å²) in [6.07, 6.45) is 3.49. The first-order valence-corrected chi connectivity index (χ1v) is 9.46. The molecule has 1 heterocycles. The third kappa shape index (κ3) is 4.22. The zero-order valence-electron chi connectivity index (χ0n) is 13.5. The summed E-state index contributed by atoms with van der Waals surface area (Å²) in [7, 11) is -3.41. The lowest BCUT2D eigenvalue weighted by Crippen LogP contribution is -2.35. The van der Waals surface area contributed by atoms with Gasteiger partial charge >= 0.3 is 0 Å². The van der Waals surface area contributed by atoms with E-state index in [1.807, 2.05) is 36.9 Å². The van der Waals surface area contributed by atoms with E-state index < -0.39 is 10.0 Å². The zero-order valence-corrected chi connectivity index (χ0v) is 14.3. The first-order chi connectivity index (χ1) is 10.3. The Morgan fingerprint density at radius 2 is 1.68 bits per heavy atom. The fraction of sp³-hybridized carbons (Fsp3) is 0.562. The third-order valence-electron chi connectivity index (χ3n) is 3.88. The normalized spacial score (nSPS) is 15.1. The highest BCUT2D eigenvalue weighted by Crippen LogP contribution is 2.22. The van der Waals surface area contributed by atoms with Gasteiger partial charge in [0.05, 0.1) is 11.9 Å². The Labute approximate surface area is 133 Å². The number of hydrogen-bond acceptors (Lipinski definition) is 3. The minimum absolute atomic E-state index is 0.0375. The van der Waals surface area contributed by atoms with Crippen LogP contribution >= 0.6 is 0 Å². The third-order valence-corrected chi connectivity index (χ3v) is 5.08. The average Bonchev–Trinajstić information content (AvgIpc) is 2.89. The van der Waals surface area contributed by atoms with Gasteiger partial charge in [-0.15, -0.1) is 0 Å². The largest absolute Gasteiger partial charge is 0.343 e. The van der Waals surface area contributed by atoms with Gasteiger partial charge in [0.15, 0.2) is 0 Å². The van der Waals surface area contributed by atoms with Gasteiger partial charge in [0.25, 0.3) is 0 Å². The summed E-state index contributed by atoms with van der Waals surface area (Å²) in [5, 5.41) is 0. The van der Waals surface area contributed by atoms with Crippen LogP contribution in [0.25, 0.3) is 0 Å². The maximum absolute atomic E-state index is 12.1. The number of rotatable bonds is 5. The number of sulfonamides is 1. The second-order valence-corrected chi connectivity index (χ2v) is 7.93. The lowest BCUT2D eigenvalue weighted by molar-refractivity contribution is -0.129. The molecule has 2 rings (SSSR count). The number of carbonyl (C=O) groups is 1. The molecular formula is C16H24N2O3S. The number of hydrogen-bond donors (Lipinski definition) is 0. The highest BCUT2D eigenvalue weighted by atomic mass is 32.2. The summed E-state index contributed by atoms with van der Waals surface area (Å²) >= 11 is 0. The number of amides is 1. The second-order valence-electron chi connectivity index (χ2n) is 6.02. The maximum Gasteiger partial charge on any atom is 0.232 e. The van der Waals surface area contributed by atoms with Crippen molar-refractivity contribution in [1.82, 2.24) is 4.90 Å². The predicted octanol–water partition coefficient (Wildman–Crippen LogP) is 2.08. The van der Waals surface area contributed by atoms with Gasteiger partial charge in [0.2, 0.25) is 15.9 Å². The molecule has 0 radical (unpaired) electrons. The molecule has 0 saturated carbocycles. The highest BCUT2D eigenvalue weighted by Gasteiger charge is 2.22. The van der Waals surface area contributed by atoms with Crippen LogP contribution in [-0.2, 0) is 14.8 Å². The fourth-order valence-corrected chi connectivity index (χ4v) is 3.81. The average molecular weight is 324 g/mol. The molecule has 6 heteroatoms. The van der Waals surface area contributed by atoms with Gasteiger partial charge < -0.3 is 4.90 Å². The molecule has 0 spiro atoms. The minimum atomic E-state index is -3.41. The van der Waals surface area contributed by atoms with E-state index in [1.54, 1.807) is 0 Å². The quantitative estimate of drug-likeness (QED) is 0.833. The number of benzene rings is 1. The summed E-state index contributed by atoms with van der Waals surface area (Å²) in [5.41, 5.74) is 2.65. The molecule has 0 bridgehead atoms. The van der Waals surface area contributed by atoms with Crippen LogP contribution in [0.3, 0.4) is 0 Å². The molecule has 1 aliphatic heterocycles. The van der Waals surface area contributed by atoms with Gasteiger partial charge in [-0.1, -0.05) is 6.07 Å². The fourth-order valence-electron chi connectivity index (χ4n) is 2.90. The first-order valence-electron chi connectivity index (χ1n) is 7.61. The summed E-state index contributed by atoms with van der Waals surface area (Å²) < 4.78 is 25.5. The molecule has 1 fully saturated rings. The molecule has 122 valence electrons.